The van der Waals surface area contributed by atoms with Crippen molar-refractivity contribution in [3.8, 4) is 11.1 Å². The van der Waals surface area contributed by atoms with Crippen LogP contribution in [0.3, 0.4) is 0 Å². The Labute approximate surface area is 212 Å². The largest absolute Gasteiger partial charge is 1.00 e. The Morgan fingerprint density at radius 2 is 1.05 bits per heavy atom. The first-order valence-corrected chi connectivity index (χ1v) is 5.62. The van der Waals surface area contributed by atoms with Crippen molar-refractivity contribution < 1.29 is 123 Å². The van der Waals surface area contributed by atoms with E-state index in [1.165, 1.54) is 24.3 Å². The van der Waals surface area contributed by atoms with Crippen LogP contribution < -0.4 is 124 Å². The maximum atomic E-state index is 10.9. The summed E-state index contributed by atoms with van der Waals surface area (Å²) in [7, 11) is 0. The Balaban J connectivity index is 0.00000220. The first-order chi connectivity index (χ1) is 9.40. The number of benzene rings is 2. The van der Waals surface area contributed by atoms with Gasteiger partial charge in [-0.25, -0.2) is 0 Å². The van der Waals surface area contributed by atoms with Crippen molar-refractivity contribution in [3.05, 3.63) is 47.5 Å². The predicted octanol–water partition coefficient (Wildman–Crippen LogP) is -6.75. The minimum absolute atomic E-state index is 0. The molecule has 0 aliphatic carbocycles. The van der Waals surface area contributed by atoms with Gasteiger partial charge in [0.25, 0.3) is 0 Å². The van der Waals surface area contributed by atoms with Crippen molar-refractivity contribution in [1.82, 2.24) is 0 Å². The minimum Gasteiger partial charge on any atom is -0.545 e. The summed E-state index contributed by atoms with van der Waals surface area (Å²) >= 11 is 0. The summed E-state index contributed by atoms with van der Waals surface area (Å²) < 4.78 is 0. The van der Waals surface area contributed by atoms with Gasteiger partial charge in [0.15, 0.2) is 0 Å². The first kappa shape index (κ1) is 22.3. The van der Waals surface area contributed by atoms with Crippen LogP contribution in [0.2, 0.25) is 0 Å². The minimum atomic E-state index is -1.40. The van der Waals surface area contributed by atoms with Gasteiger partial charge in [0.1, 0.15) is 0 Å². The SMILES string of the molecule is Nc1ccc(-c2ccc(N)c(C(=O)[O-])c2)cc1C(=O)[O-].[K+].[K+]. The summed E-state index contributed by atoms with van der Waals surface area (Å²) in [5.74, 6) is -2.81. The van der Waals surface area contributed by atoms with Crippen molar-refractivity contribution in [2.24, 2.45) is 0 Å². The summed E-state index contributed by atoms with van der Waals surface area (Å²) in [6, 6.07) is 8.61. The van der Waals surface area contributed by atoms with E-state index in [1.54, 1.807) is 12.1 Å². The summed E-state index contributed by atoms with van der Waals surface area (Å²) in [5, 5.41) is 21.8. The normalized spacial score (nSPS) is 9.27. The van der Waals surface area contributed by atoms with Gasteiger partial charge in [0.2, 0.25) is 0 Å². The number of nitrogen functional groups attached to an aromatic ring is 2. The van der Waals surface area contributed by atoms with Crippen LogP contribution in [0.1, 0.15) is 20.7 Å². The topological polar surface area (TPSA) is 132 Å². The molecule has 4 N–H and O–H groups in total. The van der Waals surface area contributed by atoms with Crippen LogP contribution in [-0.2, 0) is 0 Å². The van der Waals surface area contributed by atoms with E-state index >= 15 is 0 Å². The molecule has 2 aromatic carbocycles. The molecule has 0 heterocycles. The molecule has 0 unspecified atom stereocenters. The standard InChI is InChI=1S/C14H12N2O4.2K/c15-11-3-1-7(5-9(11)13(17)18)8-2-4-12(16)10(6-8)14(19)20;;/h1-6H,15-16H2,(H,17,18)(H,19,20);;/q;2*+1/p-2. The number of carbonyl (C=O) groups excluding carboxylic acids is 2. The molecule has 2 rings (SSSR count). The van der Waals surface area contributed by atoms with Crippen LogP contribution in [0.4, 0.5) is 11.4 Å². The van der Waals surface area contributed by atoms with Crippen molar-refractivity contribution in [2.45, 2.75) is 0 Å². The smallest absolute Gasteiger partial charge is 0.545 e. The van der Waals surface area contributed by atoms with E-state index in [2.05, 4.69) is 0 Å². The third-order valence-electron chi connectivity index (χ3n) is 2.88. The fourth-order valence-electron chi connectivity index (χ4n) is 1.83. The molecule has 0 aliphatic heterocycles. The number of hydrogen-bond donors (Lipinski definition) is 2. The quantitative estimate of drug-likeness (QED) is 0.418. The third-order valence-corrected chi connectivity index (χ3v) is 2.88. The number of nitrogens with two attached hydrogens (primary N) is 2. The number of carbonyl (C=O) groups is 2. The fraction of sp³-hybridized carbons (Fsp3) is 0. The van der Waals surface area contributed by atoms with Gasteiger partial charge in [-0.05, 0) is 35.4 Å². The molecule has 0 saturated carbocycles. The molecule has 102 valence electrons. The van der Waals surface area contributed by atoms with E-state index < -0.39 is 11.9 Å². The van der Waals surface area contributed by atoms with Gasteiger partial charge >= 0.3 is 103 Å². The average Bonchev–Trinajstić information content (AvgIpc) is 2.39. The molecule has 0 saturated heterocycles. The number of hydrogen-bond acceptors (Lipinski definition) is 6. The zero-order chi connectivity index (χ0) is 14.9. The monoisotopic (exact) mass is 348 g/mol. The summed E-state index contributed by atoms with van der Waals surface area (Å²) in [6.45, 7) is 0. The molecule has 22 heavy (non-hydrogen) atoms. The van der Waals surface area contributed by atoms with E-state index in [1.807, 2.05) is 0 Å². The molecule has 0 atom stereocenters. The van der Waals surface area contributed by atoms with Crippen LogP contribution >= 0.6 is 0 Å². The van der Waals surface area contributed by atoms with E-state index in [-0.39, 0.29) is 125 Å². The third kappa shape index (κ3) is 5.13. The second-order valence-corrected chi connectivity index (χ2v) is 4.18. The number of carboxylic acid groups (broad SMARTS) is 2. The van der Waals surface area contributed by atoms with Gasteiger partial charge in [-0.1, -0.05) is 12.1 Å². The first-order valence-electron chi connectivity index (χ1n) is 5.62. The van der Waals surface area contributed by atoms with E-state index in [0.717, 1.165) is 0 Å². The van der Waals surface area contributed by atoms with E-state index in [0.29, 0.717) is 11.1 Å². The summed E-state index contributed by atoms with van der Waals surface area (Å²) in [6.07, 6.45) is 0. The van der Waals surface area contributed by atoms with Crippen LogP contribution in [0, 0.1) is 0 Å². The maximum Gasteiger partial charge on any atom is 1.00 e. The Kier molecular flexibility index (Phi) is 9.63. The van der Waals surface area contributed by atoms with Gasteiger partial charge in [0.05, 0.1) is 11.9 Å². The molecule has 6 nitrogen and oxygen atoms in total. The van der Waals surface area contributed by atoms with Crippen LogP contribution in [0.15, 0.2) is 36.4 Å². The molecular weight excluding hydrogens is 338 g/mol. The second-order valence-electron chi connectivity index (χ2n) is 4.18. The Bertz CT molecular complexity index is 658. The van der Waals surface area contributed by atoms with E-state index in [4.69, 9.17) is 11.5 Å². The zero-order valence-corrected chi connectivity index (χ0v) is 18.5. The molecule has 0 aliphatic rings. The van der Waals surface area contributed by atoms with Gasteiger partial charge in [-0.2, -0.15) is 0 Å². The molecule has 0 bridgehead atoms. The maximum absolute atomic E-state index is 10.9. The molecule has 0 radical (unpaired) electrons. The van der Waals surface area contributed by atoms with Gasteiger partial charge in [-0.3, -0.25) is 0 Å². The van der Waals surface area contributed by atoms with Gasteiger partial charge in [-0.15, -0.1) is 0 Å². The predicted molar refractivity (Wildman–Crippen MR) is 69.4 cm³/mol. The van der Waals surface area contributed by atoms with Crippen LogP contribution in [-0.4, -0.2) is 11.9 Å². The Hall–Kier alpha value is 0.253. The Morgan fingerprint density at radius 1 is 0.727 bits per heavy atom. The number of aromatic carboxylic acids is 2. The number of carboxylic acids is 2. The van der Waals surface area contributed by atoms with Crippen molar-refractivity contribution in [2.75, 3.05) is 11.5 Å². The fourth-order valence-corrected chi connectivity index (χ4v) is 1.83. The molecule has 0 amide bonds. The van der Waals surface area contributed by atoms with Crippen molar-refractivity contribution >= 4 is 23.3 Å². The molecule has 0 aromatic heterocycles. The number of anilines is 2. The summed E-state index contributed by atoms with van der Waals surface area (Å²) in [4.78, 5) is 21.8. The molecule has 8 heteroatoms. The van der Waals surface area contributed by atoms with Crippen molar-refractivity contribution in [3.63, 3.8) is 0 Å². The van der Waals surface area contributed by atoms with Crippen LogP contribution in [0.25, 0.3) is 11.1 Å². The second kappa shape index (κ2) is 9.52. The Morgan fingerprint density at radius 3 is 1.32 bits per heavy atom. The van der Waals surface area contributed by atoms with E-state index in [9.17, 15) is 19.8 Å². The van der Waals surface area contributed by atoms with Crippen molar-refractivity contribution in [1.29, 1.82) is 0 Å². The number of rotatable bonds is 3. The zero-order valence-electron chi connectivity index (χ0n) is 12.3. The molecular formula is C14H10K2N2O4. The van der Waals surface area contributed by atoms with Crippen LogP contribution in [0.5, 0.6) is 0 Å². The molecule has 0 spiro atoms. The molecule has 0 fully saturated rings. The molecule has 2 aromatic rings. The average molecular weight is 348 g/mol. The van der Waals surface area contributed by atoms with Gasteiger partial charge < -0.3 is 31.3 Å². The van der Waals surface area contributed by atoms with Gasteiger partial charge in [0, 0.05) is 22.5 Å². The summed E-state index contributed by atoms with van der Waals surface area (Å²) in [5.41, 5.74) is 11.9.